The molecule has 0 aliphatic carbocycles. The topological polar surface area (TPSA) is 71.1 Å². The molecule has 4 heteroatoms. The summed E-state index contributed by atoms with van der Waals surface area (Å²) in [6.07, 6.45) is 0. The molecule has 12 heavy (non-hydrogen) atoms. The number of aromatic nitrogens is 1. The van der Waals surface area contributed by atoms with E-state index in [1.54, 1.807) is 14.0 Å². The maximum atomic E-state index is 10.6. The number of aromatic carboxylic acids is 1. The molecule has 0 unspecified atom stereocenters. The lowest BCUT2D eigenvalue weighted by Gasteiger charge is -2.05. The molecule has 0 aromatic carbocycles. The second-order valence-electron chi connectivity index (χ2n) is 2.82. The van der Waals surface area contributed by atoms with Crippen LogP contribution < -0.4 is 10.8 Å². The maximum absolute atomic E-state index is 10.6. The first-order valence-corrected chi connectivity index (χ1v) is 3.59. The van der Waals surface area contributed by atoms with E-state index < -0.39 is 5.97 Å². The standard InChI is InChI=1S/C8H12N2O2/c1-4-5(2)10(3)7(6(4)9)8(11)12/h9H2,1-3H3,(H,11,12)/p-1. The summed E-state index contributed by atoms with van der Waals surface area (Å²) < 4.78 is 1.53. The fourth-order valence-corrected chi connectivity index (χ4v) is 1.22. The summed E-state index contributed by atoms with van der Waals surface area (Å²) >= 11 is 0. The summed E-state index contributed by atoms with van der Waals surface area (Å²) in [7, 11) is 1.66. The lowest BCUT2D eigenvalue weighted by molar-refractivity contribution is -0.255. The molecule has 4 nitrogen and oxygen atoms in total. The predicted octanol–water partition coefficient (Wildman–Crippen LogP) is -0.412. The fraction of sp³-hybridized carbons (Fsp3) is 0.375. The molecular formula is C8H11N2O2-. The van der Waals surface area contributed by atoms with Gasteiger partial charge in [0.1, 0.15) is 0 Å². The minimum atomic E-state index is -1.23. The molecule has 0 aliphatic heterocycles. The van der Waals surface area contributed by atoms with Crippen LogP contribution >= 0.6 is 0 Å². The second kappa shape index (κ2) is 2.55. The van der Waals surface area contributed by atoms with Crippen LogP contribution in [0.15, 0.2) is 0 Å². The Balaban J connectivity index is 3.48. The molecule has 0 radical (unpaired) electrons. The highest BCUT2D eigenvalue weighted by Crippen LogP contribution is 2.22. The quantitative estimate of drug-likeness (QED) is 0.618. The molecular weight excluding hydrogens is 156 g/mol. The molecule has 0 aliphatic rings. The number of hydrogen-bond donors (Lipinski definition) is 1. The van der Waals surface area contributed by atoms with E-state index in [1.807, 2.05) is 6.92 Å². The third kappa shape index (κ3) is 0.958. The zero-order valence-corrected chi connectivity index (χ0v) is 7.34. The number of nitrogens with zero attached hydrogens (tertiary/aromatic N) is 1. The summed E-state index contributed by atoms with van der Waals surface area (Å²) in [5.41, 5.74) is 7.58. The van der Waals surface area contributed by atoms with Crippen LogP contribution in [-0.4, -0.2) is 10.5 Å². The first-order valence-electron chi connectivity index (χ1n) is 3.59. The van der Waals surface area contributed by atoms with Crippen molar-refractivity contribution in [3.8, 4) is 0 Å². The number of carboxylic acid groups (broad SMARTS) is 1. The molecule has 0 saturated heterocycles. The van der Waals surface area contributed by atoms with Gasteiger partial charge in [-0.3, -0.25) is 0 Å². The van der Waals surface area contributed by atoms with E-state index in [1.165, 1.54) is 4.57 Å². The Bertz CT molecular complexity index is 314. The Morgan fingerprint density at radius 2 is 2.00 bits per heavy atom. The van der Waals surface area contributed by atoms with Gasteiger partial charge in [0, 0.05) is 12.7 Å². The summed E-state index contributed by atoms with van der Waals surface area (Å²) in [5.74, 6) is -1.23. The molecule has 0 atom stereocenters. The SMILES string of the molecule is Cc1c(N)c(C(=O)[O-])n(C)c1C. The molecule has 66 valence electrons. The number of carboxylic acids is 1. The average molecular weight is 167 g/mol. The van der Waals surface area contributed by atoms with Gasteiger partial charge in [-0.15, -0.1) is 0 Å². The van der Waals surface area contributed by atoms with E-state index >= 15 is 0 Å². The van der Waals surface area contributed by atoms with Crippen molar-refractivity contribution in [1.82, 2.24) is 4.57 Å². The van der Waals surface area contributed by atoms with Gasteiger partial charge in [0.15, 0.2) is 0 Å². The van der Waals surface area contributed by atoms with Gasteiger partial charge < -0.3 is 20.2 Å². The highest BCUT2D eigenvalue weighted by atomic mass is 16.4. The van der Waals surface area contributed by atoms with Crippen molar-refractivity contribution in [2.75, 3.05) is 5.73 Å². The average Bonchev–Trinajstić information content (AvgIpc) is 2.16. The Morgan fingerprint density at radius 1 is 1.50 bits per heavy atom. The number of carbonyl (C=O) groups is 1. The first kappa shape index (κ1) is 8.64. The van der Waals surface area contributed by atoms with Crippen LogP contribution in [0.25, 0.3) is 0 Å². The van der Waals surface area contributed by atoms with Crippen LogP contribution in [0.3, 0.4) is 0 Å². The van der Waals surface area contributed by atoms with Crippen molar-refractivity contribution in [3.63, 3.8) is 0 Å². The van der Waals surface area contributed by atoms with Gasteiger partial charge >= 0.3 is 0 Å². The number of rotatable bonds is 1. The van der Waals surface area contributed by atoms with Crippen LogP contribution in [0.5, 0.6) is 0 Å². The van der Waals surface area contributed by atoms with E-state index in [0.717, 1.165) is 11.3 Å². The molecule has 1 aromatic heterocycles. The number of anilines is 1. The zero-order chi connectivity index (χ0) is 9.46. The van der Waals surface area contributed by atoms with Crippen molar-refractivity contribution < 1.29 is 9.90 Å². The number of hydrogen-bond acceptors (Lipinski definition) is 3. The largest absolute Gasteiger partial charge is 0.543 e. The van der Waals surface area contributed by atoms with Gasteiger partial charge in [-0.25, -0.2) is 0 Å². The monoisotopic (exact) mass is 167 g/mol. The normalized spacial score (nSPS) is 10.2. The molecule has 0 spiro atoms. The maximum Gasteiger partial charge on any atom is 0.0901 e. The van der Waals surface area contributed by atoms with Crippen LogP contribution in [0.4, 0.5) is 5.69 Å². The molecule has 1 rings (SSSR count). The van der Waals surface area contributed by atoms with E-state index in [0.29, 0.717) is 5.69 Å². The first-order chi connectivity index (χ1) is 5.46. The van der Waals surface area contributed by atoms with Crippen LogP contribution in [-0.2, 0) is 7.05 Å². The second-order valence-corrected chi connectivity index (χ2v) is 2.82. The van der Waals surface area contributed by atoms with E-state index in [9.17, 15) is 9.90 Å². The predicted molar refractivity (Wildman–Crippen MR) is 43.6 cm³/mol. The fourth-order valence-electron chi connectivity index (χ4n) is 1.22. The van der Waals surface area contributed by atoms with Gasteiger partial charge in [0.2, 0.25) is 0 Å². The van der Waals surface area contributed by atoms with Gasteiger partial charge in [-0.2, -0.15) is 0 Å². The van der Waals surface area contributed by atoms with Crippen molar-refractivity contribution in [1.29, 1.82) is 0 Å². The van der Waals surface area contributed by atoms with E-state index in [2.05, 4.69) is 0 Å². The lowest BCUT2D eigenvalue weighted by Crippen LogP contribution is -2.26. The van der Waals surface area contributed by atoms with E-state index in [4.69, 9.17) is 5.73 Å². The zero-order valence-electron chi connectivity index (χ0n) is 7.34. The molecule has 0 saturated carbocycles. The lowest BCUT2D eigenvalue weighted by atomic mass is 10.2. The molecule has 1 heterocycles. The summed E-state index contributed by atoms with van der Waals surface area (Å²) in [4.78, 5) is 10.6. The van der Waals surface area contributed by atoms with Crippen molar-refractivity contribution >= 4 is 11.7 Å². The molecule has 1 aromatic rings. The van der Waals surface area contributed by atoms with Crippen molar-refractivity contribution in [2.45, 2.75) is 13.8 Å². The summed E-state index contributed by atoms with van der Waals surface area (Å²) in [6.45, 7) is 3.61. The van der Waals surface area contributed by atoms with Crippen LogP contribution in [0.1, 0.15) is 21.7 Å². The third-order valence-electron chi connectivity index (χ3n) is 2.23. The number of nitrogen functional groups attached to an aromatic ring is 1. The van der Waals surface area contributed by atoms with E-state index in [-0.39, 0.29) is 5.69 Å². The highest BCUT2D eigenvalue weighted by Gasteiger charge is 2.12. The Kier molecular flexibility index (Phi) is 1.84. The Labute approximate surface area is 70.6 Å². The Morgan fingerprint density at radius 3 is 2.17 bits per heavy atom. The number of carbonyl (C=O) groups excluding carboxylic acids is 1. The van der Waals surface area contributed by atoms with Crippen molar-refractivity contribution in [2.24, 2.45) is 7.05 Å². The minimum Gasteiger partial charge on any atom is -0.543 e. The molecule has 0 bridgehead atoms. The molecule has 0 amide bonds. The summed E-state index contributed by atoms with van der Waals surface area (Å²) in [5, 5.41) is 10.6. The number of nitrogens with two attached hydrogens (primary N) is 1. The summed E-state index contributed by atoms with van der Waals surface area (Å²) in [6, 6.07) is 0. The van der Waals surface area contributed by atoms with Gasteiger partial charge in [-0.05, 0) is 19.4 Å². The van der Waals surface area contributed by atoms with Gasteiger partial charge in [-0.1, -0.05) is 0 Å². The van der Waals surface area contributed by atoms with Crippen LogP contribution in [0.2, 0.25) is 0 Å². The molecule has 2 N–H and O–H groups in total. The van der Waals surface area contributed by atoms with Crippen LogP contribution in [0, 0.1) is 13.8 Å². The molecule has 0 fully saturated rings. The van der Waals surface area contributed by atoms with Gasteiger partial charge in [0.25, 0.3) is 0 Å². The Hall–Kier alpha value is -1.45. The minimum absolute atomic E-state index is 0.0602. The van der Waals surface area contributed by atoms with Crippen molar-refractivity contribution in [3.05, 3.63) is 17.0 Å². The van der Waals surface area contributed by atoms with Gasteiger partial charge in [0.05, 0.1) is 17.4 Å². The smallest absolute Gasteiger partial charge is 0.0901 e. The third-order valence-corrected chi connectivity index (χ3v) is 2.23. The highest BCUT2D eigenvalue weighted by molar-refractivity contribution is 5.91.